The molecule has 2 rings (SSSR count). The van der Waals surface area contributed by atoms with Gasteiger partial charge < -0.3 is 15.0 Å². The van der Waals surface area contributed by atoms with E-state index in [-0.39, 0.29) is 30.2 Å². The molecule has 0 spiro atoms. The molecule has 1 heterocycles. The maximum absolute atomic E-state index is 13.9. The zero-order valence-electron chi connectivity index (χ0n) is 13.6. The Balaban J connectivity index is 1.92. The van der Waals surface area contributed by atoms with Crippen molar-refractivity contribution < 1.29 is 18.7 Å². The topological polar surface area (TPSA) is 58.6 Å². The molecule has 1 fully saturated rings. The standard InChI is InChI=1S/C17H23FN2O3/c1-3-23-15-8-7-13(10-14(15)18)12(2)19-16(21)11-20-9-5-4-6-17(20)22/h7-8,10,12H,3-6,9,11H2,1-2H3,(H,19,21)/t12-/m1/s1. The predicted octanol–water partition coefficient (Wildman–Crippen LogP) is 2.41. The van der Waals surface area contributed by atoms with Crippen LogP contribution in [0.2, 0.25) is 0 Å². The van der Waals surface area contributed by atoms with Crippen LogP contribution in [0.3, 0.4) is 0 Å². The Bertz CT molecular complexity index is 577. The van der Waals surface area contributed by atoms with Gasteiger partial charge in [0.2, 0.25) is 11.8 Å². The summed E-state index contributed by atoms with van der Waals surface area (Å²) in [6.45, 7) is 4.65. The second-order valence-corrected chi connectivity index (χ2v) is 5.68. The Hall–Kier alpha value is -2.11. The van der Waals surface area contributed by atoms with E-state index in [1.165, 1.54) is 6.07 Å². The van der Waals surface area contributed by atoms with Crippen molar-refractivity contribution >= 4 is 11.8 Å². The summed E-state index contributed by atoms with van der Waals surface area (Å²) in [6.07, 6.45) is 2.32. The predicted molar refractivity (Wildman–Crippen MR) is 84.6 cm³/mol. The second-order valence-electron chi connectivity index (χ2n) is 5.68. The smallest absolute Gasteiger partial charge is 0.240 e. The van der Waals surface area contributed by atoms with Crippen LogP contribution >= 0.6 is 0 Å². The molecule has 1 aromatic carbocycles. The van der Waals surface area contributed by atoms with E-state index < -0.39 is 5.82 Å². The van der Waals surface area contributed by atoms with Gasteiger partial charge in [0.05, 0.1) is 19.2 Å². The van der Waals surface area contributed by atoms with Gasteiger partial charge in [0, 0.05) is 13.0 Å². The van der Waals surface area contributed by atoms with Crippen molar-refractivity contribution in [2.45, 2.75) is 39.2 Å². The maximum Gasteiger partial charge on any atom is 0.240 e. The summed E-state index contributed by atoms with van der Waals surface area (Å²) in [6, 6.07) is 4.31. The number of piperidine rings is 1. The molecular formula is C17H23FN2O3. The van der Waals surface area contributed by atoms with Gasteiger partial charge in [-0.05, 0) is 44.4 Å². The van der Waals surface area contributed by atoms with Gasteiger partial charge in [0.25, 0.3) is 0 Å². The van der Waals surface area contributed by atoms with Crippen molar-refractivity contribution in [2.75, 3.05) is 19.7 Å². The van der Waals surface area contributed by atoms with E-state index in [1.807, 2.05) is 0 Å². The number of likely N-dealkylation sites (tertiary alicyclic amines) is 1. The number of nitrogens with zero attached hydrogens (tertiary/aromatic N) is 1. The molecule has 0 aliphatic carbocycles. The molecule has 0 unspecified atom stereocenters. The van der Waals surface area contributed by atoms with Crippen molar-refractivity contribution in [3.8, 4) is 5.75 Å². The molecule has 6 heteroatoms. The normalized spacial score (nSPS) is 16.1. The Morgan fingerprint density at radius 1 is 1.43 bits per heavy atom. The molecule has 126 valence electrons. The van der Waals surface area contributed by atoms with E-state index in [9.17, 15) is 14.0 Å². The van der Waals surface area contributed by atoms with Crippen LogP contribution in [0.1, 0.15) is 44.7 Å². The van der Waals surface area contributed by atoms with Crippen LogP contribution in [-0.2, 0) is 9.59 Å². The number of hydrogen-bond donors (Lipinski definition) is 1. The number of halogens is 1. The van der Waals surface area contributed by atoms with Gasteiger partial charge in [-0.1, -0.05) is 6.07 Å². The highest BCUT2D eigenvalue weighted by Crippen LogP contribution is 2.22. The first-order valence-corrected chi connectivity index (χ1v) is 8.00. The third-order valence-corrected chi connectivity index (χ3v) is 3.89. The van der Waals surface area contributed by atoms with Gasteiger partial charge in [0.15, 0.2) is 11.6 Å². The molecule has 1 aromatic rings. The molecule has 23 heavy (non-hydrogen) atoms. The first-order valence-electron chi connectivity index (χ1n) is 8.00. The van der Waals surface area contributed by atoms with Crippen LogP contribution in [-0.4, -0.2) is 36.4 Å². The number of nitrogens with one attached hydrogen (secondary N) is 1. The van der Waals surface area contributed by atoms with Crippen molar-refractivity contribution in [1.29, 1.82) is 0 Å². The van der Waals surface area contributed by atoms with Crippen molar-refractivity contribution in [3.63, 3.8) is 0 Å². The number of ether oxygens (including phenoxy) is 1. The average Bonchev–Trinajstić information content (AvgIpc) is 2.51. The summed E-state index contributed by atoms with van der Waals surface area (Å²) in [4.78, 5) is 25.4. The van der Waals surface area contributed by atoms with Gasteiger partial charge in [-0.3, -0.25) is 9.59 Å². The van der Waals surface area contributed by atoms with E-state index in [4.69, 9.17) is 4.74 Å². The minimum absolute atomic E-state index is 0.0196. The Kier molecular flexibility index (Phi) is 5.96. The lowest BCUT2D eigenvalue weighted by Gasteiger charge is -2.26. The highest BCUT2D eigenvalue weighted by atomic mass is 19.1. The molecule has 1 atom stereocenters. The molecule has 2 amide bonds. The van der Waals surface area contributed by atoms with Gasteiger partial charge >= 0.3 is 0 Å². The lowest BCUT2D eigenvalue weighted by atomic mass is 10.1. The molecule has 1 aliphatic heterocycles. The molecule has 0 bridgehead atoms. The third-order valence-electron chi connectivity index (χ3n) is 3.89. The van der Waals surface area contributed by atoms with E-state index in [1.54, 1.807) is 30.9 Å². The fourth-order valence-corrected chi connectivity index (χ4v) is 2.63. The molecule has 0 radical (unpaired) electrons. The van der Waals surface area contributed by atoms with Gasteiger partial charge in [0.1, 0.15) is 0 Å². The maximum atomic E-state index is 13.9. The Labute approximate surface area is 135 Å². The molecule has 1 aliphatic rings. The fourth-order valence-electron chi connectivity index (χ4n) is 2.63. The lowest BCUT2D eigenvalue weighted by Crippen LogP contribution is -2.43. The summed E-state index contributed by atoms with van der Waals surface area (Å²) in [5, 5.41) is 2.80. The highest BCUT2D eigenvalue weighted by Gasteiger charge is 2.21. The minimum Gasteiger partial charge on any atom is -0.491 e. The molecule has 1 N–H and O–H groups in total. The van der Waals surface area contributed by atoms with Gasteiger partial charge in [-0.25, -0.2) is 4.39 Å². The molecule has 1 saturated heterocycles. The minimum atomic E-state index is -0.448. The number of carbonyl (C=O) groups excluding carboxylic acids is 2. The zero-order valence-corrected chi connectivity index (χ0v) is 13.6. The third kappa shape index (κ3) is 4.68. The van der Waals surface area contributed by atoms with Crippen LogP contribution in [0.25, 0.3) is 0 Å². The quantitative estimate of drug-likeness (QED) is 0.875. The van der Waals surface area contributed by atoms with Crippen molar-refractivity contribution in [1.82, 2.24) is 10.2 Å². The summed E-state index contributed by atoms with van der Waals surface area (Å²) >= 11 is 0. The van der Waals surface area contributed by atoms with Crippen LogP contribution in [0.5, 0.6) is 5.75 Å². The Morgan fingerprint density at radius 3 is 2.87 bits per heavy atom. The summed E-state index contributed by atoms with van der Waals surface area (Å²) < 4.78 is 19.0. The van der Waals surface area contributed by atoms with Crippen LogP contribution in [0.4, 0.5) is 4.39 Å². The highest BCUT2D eigenvalue weighted by molar-refractivity contribution is 5.85. The molecular weight excluding hydrogens is 299 g/mol. The second kappa shape index (κ2) is 7.94. The van der Waals surface area contributed by atoms with E-state index >= 15 is 0 Å². The number of hydrogen-bond acceptors (Lipinski definition) is 3. The molecule has 5 nitrogen and oxygen atoms in total. The first kappa shape index (κ1) is 17.2. The van der Waals surface area contributed by atoms with E-state index in [0.717, 1.165) is 12.8 Å². The molecule has 0 saturated carbocycles. The van der Waals surface area contributed by atoms with Gasteiger partial charge in [-0.2, -0.15) is 0 Å². The summed E-state index contributed by atoms with van der Waals surface area (Å²) in [5.74, 6) is -0.460. The largest absolute Gasteiger partial charge is 0.491 e. The van der Waals surface area contributed by atoms with Crippen LogP contribution in [0, 0.1) is 5.82 Å². The number of amides is 2. The molecule has 0 aromatic heterocycles. The monoisotopic (exact) mass is 322 g/mol. The number of rotatable bonds is 6. The average molecular weight is 322 g/mol. The zero-order chi connectivity index (χ0) is 16.8. The van der Waals surface area contributed by atoms with Crippen LogP contribution < -0.4 is 10.1 Å². The lowest BCUT2D eigenvalue weighted by molar-refractivity contribution is -0.138. The van der Waals surface area contributed by atoms with Gasteiger partial charge in [-0.15, -0.1) is 0 Å². The van der Waals surface area contributed by atoms with Crippen molar-refractivity contribution in [2.24, 2.45) is 0 Å². The Morgan fingerprint density at radius 2 is 2.22 bits per heavy atom. The summed E-state index contributed by atoms with van der Waals surface area (Å²) in [7, 11) is 0. The van der Waals surface area contributed by atoms with E-state index in [0.29, 0.717) is 25.1 Å². The number of benzene rings is 1. The number of carbonyl (C=O) groups is 2. The van der Waals surface area contributed by atoms with Crippen molar-refractivity contribution in [3.05, 3.63) is 29.6 Å². The fraction of sp³-hybridized carbons (Fsp3) is 0.529. The van der Waals surface area contributed by atoms with E-state index in [2.05, 4.69) is 5.32 Å². The summed E-state index contributed by atoms with van der Waals surface area (Å²) in [5.41, 5.74) is 0.657. The SMILES string of the molecule is CCOc1ccc([C@@H](C)NC(=O)CN2CCCCC2=O)cc1F. The first-order chi connectivity index (χ1) is 11.0. The van der Waals surface area contributed by atoms with Crippen LogP contribution in [0.15, 0.2) is 18.2 Å².